The van der Waals surface area contributed by atoms with Crippen molar-refractivity contribution < 1.29 is 9.32 Å². The van der Waals surface area contributed by atoms with E-state index in [2.05, 4.69) is 20.4 Å². The highest BCUT2D eigenvalue weighted by molar-refractivity contribution is 6.33. The van der Waals surface area contributed by atoms with Crippen LogP contribution < -0.4 is 5.32 Å². The number of halogens is 2. The third-order valence-corrected chi connectivity index (χ3v) is 5.78. The molecule has 1 N–H and O–H groups in total. The second-order valence-corrected chi connectivity index (χ2v) is 8.25. The van der Waals surface area contributed by atoms with Crippen molar-refractivity contribution in [2.24, 2.45) is 5.92 Å². The van der Waals surface area contributed by atoms with E-state index in [1.54, 1.807) is 6.07 Å². The summed E-state index contributed by atoms with van der Waals surface area (Å²) in [6.45, 7) is 2.57. The van der Waals surface area contributed by atoms with E-state index in [9.17, 15) is 4.79 Å². The van der Waals surface area contributed by atoms with Crippen molar-refractivity contribution in [3.8, 4) is 11.4 Å². The molecule has 1 aromatic heterocycles. The van der Waals surface area contributed by atoms with Gasteiger partial charge in [-0.25, -0.2) is 0 Å². The molecule has 8 heteroatoms. The van der Waals surface area contributed by atoms with Gasteiger partial charge in [0.15, 0.2) is 0 Å². The molecule has 30 heavy (non-hydrogen) atoms. The first kappa shape index (κ1) is 20.8. The highest BCUT2D eigenvalue weighted by atomic mass is 35.5. The fourth-order valence-corrected chi connectivity index (χ4v) is 3.96. The molecule has 0 saturated carbocycles. The van der Waals surface area contributed by atoms with Crippen LogP contribution in [0.1, 0.15) is 24.3 Å². The summed E-state index contributed by atoms with van der Waals surface area (Å²) >= 11 is 12.1. The lowest BCUT2D eigenvalue weighted by atomic mass is 9.97. The minimum atomic E-state index is -0.0583. The van der Waals surface area contributed by atoms with Crippen molar-refractivity contribution in [2.45, 2.75) is 25.9 Å². The van der Waals surface area contributed by atoms with Gasteiger partial charge in [-0.15, -0.1) is 0 Å². The van der Waals surface area contributed by atoms with Gasteiger partial charge in [-0.1, -0.05) is 52.6 Å². The highest BCUT2D eigenvalue weighted by Crippen LogP contribution is 2.25. The van der Waals surface area contributed by atoms with Crippen LogP contribution >= 0.6 is 23.2 Å². The average Bonchev–Trinajstić information content (AvgIpc) is 3.22. The monoisotopic (exact) mass is 444 g/mol. The fraction of sp³-hybridized carbons (Fsp3) is 0.318. The Bertz CT molecular complexity index is 1010. The molecular formula is C22H22Cl2N4O2. The molecule has 0 aliphatic carbocycles. The minimum absolute atomic E-state index is 0.0583. The fourth-order valence-electron chi connectivity index (χ4n) is 3.61. The first-order valence-corrected chi connectivity index (χ1v) is 10.7. The van der Waals surface area contributed by atoms with Crippen molar-refractivity contribution in [1.29, 1.82) is 0 Å². The summed E-state index contributed by atoms with van der Waals surface area (Å²) in [5.41, 5.74) is 1.77. The summed E-state index contributed by atoms with van der Waals surface area (Å²) in [6.07, 6.45) is 1.82. The van der Waals surface area contributed by atoms with E-state index >= 15 is 0 Å². The number of nitrogens with zero attached hydrogens (tertiary/aromatic N) is 3. The van der Waals surface area contributed by atoms with Crippen LogP contribution in [-0.4, -0.2) is 34.0 Å². The molecule has 0 radical (unpaired) electrons. The van der Waals surface area contributed by atoms with Gasteiger partial charge in [0.05, 0.1) is 17.5 Å². The van der Waals surface area contributed by atoms with Crippen LogP contribution in [0.3, 0.4) is 0 Å². The minimum Gasteiger partial charge on any atom is -0.352 e. The number of likely N-dealkylation sites (tertiary alicyclic amines) is 1. The maximum Gasteiger partial charge on any atom is 0.241 e. The van der Waals surface area contributed by atoms with Gasteiger partial charge in [0, 0.05) is 23.7 Å². The molecule has 3 aromatic rings. The van der Waals surface area contributed by atoms with Crippen LogP contribution in [0.2, 0.25) is 10.0 Å². The van der Waals surface area contributed by atoms with E-state index in [4.69, 9.17) is 27.7 Å². The zero-order valence-corrected chi connectivity index (χ0v) is 17.9. The van der Waals surface area contributed by atoms with E-state index in [-0.39, 0.29) is 11.8 Å². The van der Waals surface area contributed by atoms with Crippen molar-refractivity contribution >= 4 is 29.1 Å². The number of hydrogen-bond donors (Lipinski definition) is 1. The predicted molar refractivity (Wildman–Crippen MR) is 116 cm³/mol. The van der Waals surface area contributed by atoms with Crippen LogP contribution in [0.25, 0.3) is 11.4 Å². The van der Waals surface area contributed by atoms with Crippen LogP contribution in [0.15, 0.2) is 53.1 Å². The number of carbonyl (C=O) groups excluding carboxylic acids is 1. The van der Waals surface area contributed by atoms with E-state index in [1.807, 2.05) is 42.5 Å². The lowest BCUT2D eigenvalue weighted by molar-refractivity contribution is -0.127. The van der Waals surface area contributed by atoms with Gasteiger partial charge in [0.2, 0.25) is 17.6 Å². The van der Waals surface area contributed by atoms with Gasteiger partial charge < -0.3 is 9.84 Å². The van der Waals surface area contributed by atoms with Crippen molar-refractivity contribution in [2.75, 3.05) is 13.1 Å². The molecule has 1 unspecified atom stereocenters. The summed E-state index contributed by atoms with van der Waals surface area (Å²) in [4.78, 5) is 19.3. The lowest BCUT2D eigenvalue weighted by Crippen LogP contribution is -2.42. The van der Waals surface area contributed by atoms with E-state index in [1.165, 1.54) is 0 Å². The van der Waals surface area contributed by atoms with Crippen LogP contribution in [0.4, 0.5) is 0 Å². The maximum absolute atomic E-state index is 12.6. The quantitative estimate of drug-likeness (QED) is 0.602. The highest BCUT2D eigenvalue weighted by Gasteiger charge is 2.27. The third kappa shape index (κ3) is 5.19. The molecule has 1 aliphatic heterocycles. The Balaban J connectivity index is 1.32. The Morgan fingerprint density at radius 3 is 2.77 bits per heavy atom. The number of nitrogens with one attached hydrogen (secondary N) is 1. The molecule has 0 spiro atoms. The molecule has 6 nitrogen and oxygen atoms in total. The van der Waals surface area contributed by atoms with E-state index in [0.29, 0.717) is 41.4 Å². The first-order valence-electron chi connectivity index (χ1n) is 9.90. The molecule has 156 valence electrons. The summed E-state index contributed by atoms with van der Waals surface area (Å²) < 4.78 is 5.41. The number of carbonyl (C=O) groups is 1. The van der Waals surface area contributed by atoms with Gasteiger partial charge >= 0.3 is 0 Å². The first-order chi connectivity index (χ1) is 14.6. The zero-order valence-electron chi connectivity index (χ0n) is 16.4. The number of rotatable bonds is 6. The standard InChI is InChI=1S/C22H22Cl2N4O2/c23-17-9-7-15(8-10-17)12-25-22(29)16-4-3-11-28(13-16)14-20-26-21(27-30-20)18-5-1-2-6-19(18)24/h1-2,5-10,16H,3-4,11-14H2,(H,25,29). The second kappa shape index (κ2) is 9.60. The number of amides is 1. The Morgan fingerprint density at radius 2 is 1.97 bits per heavy atom. The smallest absolute Gasteiger partial charge is 0.241 e. The molecule has 2 heterocycles. The van der Waals surface area contributed by atoms with Crippen LogP contribution in [-0.2, 0) is 17.9 Å². The molecule has 2 aromatic carbocycles. The molecule has 1 aliphatic rings. The largest absolute Gasteiger partial charge is 0.352 e. The van der Waals surface area contributed by atoms with Crippen molar-refractivity contribution in [3.05, 3.63) is 70.0 Å². The second-order valence-electron chi connectivity index (χ2n) is 7.41. The Morgan fingerprint density at radius 1 is 1.17 bits per heavy atom. The van der Waals surface area contributed by atoms with Gasteiger partial charge in [-0.2, -0.15) is 4.98 Å². The number of aromatic nitrogens is 2. The summed E-state index contributed by atoms with van der Waals surface area (Å²) in [5.74, 6) is 1.01. The zero-order chi connectivity index (χ0) is 20.9. The topological polar surface area (TPSA) is 71.3 Å². The van der Waals surface area contributed by atoms with Gasteiger partial charge in [-0.3, -0.25) is 9.69 Å². The average molecular weight is 445 g/mol. The molecule has 1 amide bonds. The van der Waals surface area contributed by atoms with E-state index < -0.39 is 0 Å². The summed E-state index contributed by atoms with van der Waals surface area (Å²) in [6, 6.07) is 14.9. The molecule has 4 rings (SSSR count). The lowest BCUT2D eigenvalue weighted by Gasteiger charge is -2.30. The summed E-state index contributed by atoms with van der Waals surface area (Å²) in [5, 5.41) is 8.35. The summed E-state index contributed by atoms with van der Waals surface area (Å²) in [7, 11) is 0. The van der Waals surface area contributed by atoms with Crippen LogP contribution in [0.5, 0.6) is 0 Å². The van der Waals surface area contributed by atoms with Gasteiger partial charge in [0.1, 0.15) is 0 Å². The third-order valence-electron chi connectivity index (χ3n) is 5.20. The Labute approximate surface area is 185 Å². The van der Waals surface area contributed by atoms with Crippen LogP contribution in [0, 0.1) is 5.92 Å². The van der Waals surface area contributed by atoms with Crippen molar-refractivity contribution in [3.63, 3.8) is 0 Å². The Kier molecular flexibility index (Phi) is 6.67. The predicted octanol–water partition coefficient (Wildman–Crippen LogP) is 4.57. The number of hydrogen-bond acceptors (Lipinski definition) is 5. The Hall–Kier alpha value is -2.41. The van der Waals surface area contributed by atoms with E-state index in [0.717, 1.165) is 30.5 Å². The van der Waals surface area contributed by atoms with Gasteiger partial charge in [0.25, 0.3) is 0 Å². The maximum atomic E-state index is 12.6. The molecule has 0 bridgehead atoms. The number of benzene rings is 2. The SMILES string of the molecule is O=C(NCc1ccc(Cl)cc1)C1CCCN(Cc2nc(-c3ccccc3Cl)no2)C1. The normalized spacial score (nSPS) is 17.1. The molecule has 1 atom stereocenters. The number of piperidine rings is 1. The molecule has 1 fully saturated rings. The molecular weight excluding hydrogens is 423 g/mol. The van der Waals surface area contributed by atoms with Crippen molar-refractivity contribution in [1.82, 2.24) is 20.4 Å². The molecule has 1 saturated heterocycles. The van der Waals surface area contributed by atoms with Gasteiger partial charge in [-0.05, 0) is 49.2 Å².